The standard InChI is InChI=1S/C9H10F3NO4/c10-9(11,12)5-16-4-3-13-7-2-1-6(17-7)8(14)15/h1-2,13H,3-5H2,(H,14,15). The second kappa shape index (κ2) is 5.58. The van der Waals surface area contributed by atoms with E-state index in [1.54, 1.807) is 0 Å². The second-order valence-electron chi connectivity index (χ2n) is 3.06. The van der Waals surface area contributed by atoms with Crippen LogP contribution in [0.4, 0.5) is 19.1 Å². The van der Waals surface area contributed by atoms with Gasteiger partial charge in [-0.05, 0) is 6.07 Å². The number of carbonyl (C=O) groups is 1. The summed E-state index contributed by atoms with van der Waals surface area (Å²) in [5.74, 6) is -1.30. The summed E-state index contributed by atoms with van der Waals surface area (Å²) in [6.07, 6.45) is -4.35. The molecule has 0 saturated heterocycles. The lowest BCUT2D eigenvalue weighted by Gasteiger charge is -2.07. The summed E-state index contributed by atoms with van der Waals surface area (Å²) in [6.45, 7) is -1.39. The van der Waals surface area contributed by atoms with Crippen molar-refractivity contribution < 1.29 is 32.2 Å². The van der Waals surface area contributed by atoms with Crippen molar-refractivity contribution in [2.75, 3.05) is 25.1 Å². The number of aromatic carboxylic acids is 1. The van der Waals surface area contributed by atoms with Crippen molar-refractivity contribution >= 4 is 11.9 Å². The van der Waals surface area contributed by atoms with Crippen LogP contribution in [0, 0.1) is 0 Å². The van der Waals surface area contributed by atoms with Crippen LogP contribution < -0.4 is 5.32 Å². The fourth-order valence-electron chi connectivity index (χ4n) is 0.982. The average molecular weight is 253 g/mol. The van der Waals surface area contributed by atoms with Crippen molar-refractivity contribution in [2.24, 2.45) is 0 Å². The van der Waals surface area contributed by atoms with Gasteiger partial charge in [0.15, 0.2) is 5.88 Å². The molecule has 0 radical (unpaired) electrons. The molecule has 0 unspecified atom stereocenters. The van der Waals surface area contributed by atoms with Gasteiger partial charge in [-0.1, -0.05) is 0 Å². The average Bonchev–Trinajstić information content (AvgIpc) is 2.64. The van der Waals surface area contributed by atoms with Crippen LogP contribution in [-0.2, 0) is 4.74 Å². The number of ether oxygens (including phenoxy) is 1. The van der Waals surface area contributed by atoms with Gasteiger partial charge in [0.25, 0.3) is 0 Å². The third kappa shape index (κ3) is 5.25. The van der Waals surface area contributed by atoms with Crippen molar-refractivity contribution in [3.05, 3.63) is 17.9 Å². The molecule has 0 amide bonds. The van der Waals surface area contributed by atoms with Gasteiger partial charge in [-0.3, -0.25) is 0 Å². The van der Waals surface area contributed by atoms with Crippen molar-refractivity contribution in [1.29, 1.82) is 0 Å². The Morgan fingerprint density at radius 1 is 1.47 bits per heavy atom. The number of rotatable bonds is 6. The highest BCUT2D eigenvalue weighted by atomic mass is 19.4. The Kier molecular flexibility index (Phi) is 4.38. The van der Waals surface area contributed by atoms with E-state index in [0.717, 1.165) is 0 Å². The molecule has 0 spiro atoms. The summed E-state index contributed by atoms with van der Waals surface area (Å²) >= 11 is 0. The van der Waals surface area contributed by atoms with Crippen molar-refractivity contribution in [3.63, 3.8) is 0 Å². The van der Waals surface area contributed by atoms with Gasteiger partial charge in [0.05, 0.1) is 6.61 Å². The molecule has 96 valence electrons. The minimum Gasteiger partial charge on any atom is -0.475 e. The van der Waals surface area contributed by atoms with E-state index in [-0.39, 0.29) is 24.8 Å². The number of carboxylic acid groups (broad SMARTS) is 1. The molecule has 1 aromatic heterocycles. The van der Waals surface area contributed by atoms with Crippen molar-refractivity contribution in [2.45, 2.75) is 6.18 Å². The number of nitrogens with one attached hydrogen (secondary N) is 1. The van der Waals surface area contributed by atoms with E-state index in [4.69, 9.17) is 9.52 Å². The molecule has 0 bridgehead atoms. The smallest absolute Gasteiger partial charge is 0.411 e. The lowest BCUT2D eigenvalue weighted by molar-refractivity contribution is -0.172. The van der Waals surface area contributed by atoms with Gasteiger partial charge in [0.2, 0.25) is 5.76 Å². The van der Waals surface area contributed by atoms with Crippen molar-refractivity contribution in [1.82, 2.24) is 0 Å². The van der Waals surface area contributed by atoms with Crippen LogP contribution in [0.5, 0.6) is 0 Å². The van der Waals surface area contributed by atoms with E-state index in [9.17, 15) is 18.0 Å². The Labute approximate surface area is 94.2 Å². The topological polar surface area (TPSA) is 71.7 Å². The molecule has 2 N–H and O–H groups in total. The number of carboxylic acids is 1. The normalized spacial score (nSPS) is 11.5. The number of furan rings is 1. The van der Waals surface area contributed by atoms with Crippen molar-refractivity contribution in [3.8, 4) is 0 Å². The minimum atomic E-state index is -4.35. The predicted octanol–water partition coefficient (Wildman–Crippen LogP) is 1.97. The Morgan fingerprint density at radius 3 is 2.71 bits per heavy atom. The summed E-state index contributed by atoms with van der Waals surface area (Å²) < 4.78 is 44.1. The second-order valence-corrected chi connectivity index (χ2v) is 3.06. The largest absolute Gasteiger partial charge is 0.475 e. The maximum atomic E-state index is 11.7. The van der Waals surface area contributed by atoms with Gasteiger partial charge in [-0.2, -0.15) is 13.2 Å². The summed E-state index contributed by atoms with van der Waals surface area (Å²) in [7, 11) is 0. The van der Waals surface area contributed by atoms with Gasteiger partial charge in [-0.15, -0.1) is 0 Å². The Balaban J connectivity index is 2.20. The highest BCUT2D eigenvalue weighted by molar-refractivity contribution is 5.84. The summed E-state index contributed by atoms with van der Waals surface area (Å²) in [6, 6.07) is 2.61. The Hall–Kier alpha value is -1.70. The van der Waals surface area contributed by atoms with Gasteiger partial charge >= 0.3 is 12.1 Å². The fourth-order valence-corrected chi connectivity index (χ4v) is 0.982. The molecular formula is C9H10F3NO4. The summed E-state index contributed by atoms with van der Waals surface area (Å²) in [5, 5.41) is 11.1. The number of hydrogen-bond acceptors (Lipinski definition) is 4. The van der Waals surface area contributed by atoms with Gasteiger partial charge in [-0.25, -0.2) is 4.79 Å². The lowest BCUT2D eigenvalue weighted by Crippen LogP contribution is -2.20. The highest BCUT2D eigenvalue weighted by Gasteiger charge is 2.27. The number of hydrogen-bond donors (Lipinski definition) is 2. The van der Waals surface area contributed by atoms with Crippen LogP contribution in [0.2, 0.25) is 0 Å². The molecule has 1 heterocycles. The molecule has 17 heavy (non-hydrogen) atoms. The van der Waals surface area contributed by atoms with E-state index < -0.39 is 18.8 Å². The molecule has 5 nitrogen and oxygen atoms in total. The molecule has 0 aliphatic rings. The molecule has 0 saturated carbocycles. The minimum absolute atomic E-state index is 0.0860. The molecule has 1 rings (SSSR count). The predicted molar refractivity (Wildman–Crippen MR) is 51.0 cm³/mol. The third-order valence-corrected chi connectivity index (χ3v) is 1.63. The molecule has 0 aliphatic carbocycles. The molecule has 8 heteroatoms. The zero-order valence-corrected chi connectivity index (χ0v) is 8.58. The summed E-state index contributed by atoms with van der Waals surface area (Å²) in [4.78, 5) is 10.4. The van der Waals surface area contributed by atoms with E-state index in [1.807, 2.05) is 0 Å². The van der Waals surface area contributed by atoms with Crippen LogP contribution >= 0.6 is 0 Å². The first-order chi connectivity index (χ1) is 7.88. The van der Waals surface area contributed by atoms with Crippen LogP contribution in [0.3, 0.4) is 0 Å². The number of alkyl halides is 3. The Morgan fingerprint density at radius 2 is 2.18 bits per heavy atom. The first-order valence-corrected chi connectivity index (χ1v) is 4.60. The van der Waals surface area contributed by atoms with Gasteiger partial charge in [0.1, 0.15) is 6.61 Å². The van der Waals surface area contributed by atoms with E-state index in [0.29, 0.717) is 0 Å². The van der Waals surface area contributed by atoms with Crippen LogP contribution in [0.25, 0.3) is 0 Å². The maximum Gasteiger partial charge on any atom is 0.411 e. The third-order valence-electron chi connectivity index (χ3n) is 1.63. The molecule has 0 fully saturated rings. The van der Waals surface area contributed by atoms with E-state index in [1.165, 1.54) is 12.1 Å². The quantitative estimate of drug-likeness (QED) is 0.758. The van der Waals surface area contributed by atoms with E-state index in [2.05, 4.69) is 10.1 Å². The zero-order valence-electron chi connectivity index (χ0n) is 8.58. The number of halogens is 3. The number of anilines is 1. The van der Waals surface area contributed by atoms with Gasteiger partial charge in [0, 0.05) is 12.6 Å². The molecule has 0 aromatic carbocycles. The first kappa shape index (κ1) is 13.4. The maximum absolute atomic E-state index is 11.7. The molecular weight excluding hydrogens is 243 g/mol. The monoisotopic (exact) mass is 253 g/mol. The lowest BCUT2D eigenvalue weighted by atomic mass is 10.4. The van der Waals surface area contributed by atoms with Crippen LogP contribution in [0.15, 0.2) is 16.5 Å². The summed E-state index contributed by atoms with van der Waals surface area (Å²) in [5.41, 5.74) is 0. The zero-order chi connectivity index (χ0) is 12.9. The first-order valence-electron chi connectivity index (χ1n) is 4.60. The van der Waals surface area contributed by atoms with E-state index >= 15 is 0 Å². The van der Waals surface area contributed by atoms with Crippen LogP contribution in [0.1, 0.15) is 10.6 Å². The molecule has 1 aromatic rings. The SMILES string of the molecule is O=C(O)c1ccc(NCCOCC(F)(F)F)o1. The molecule has 0 atom stereocenters. The fraction of sp³-hybridized carbons (Fsp3) is 0.444. The van der Waals surface area contributed by atoms with Gasteiger partial charge < -0.3 is 19.6 Å². The Bertz CT molecular complexity index is 375. The highest BCUT2D eigenvalue weighted by Crippen LogP contribution is 2.15. The van der Waals surface area contributed by atoms with Crippen LogP contribution in [-0.4, -0.2) is 37.0 Å². The molecule has 0 aliphatic heterocycles.